The molecule has 0 saturated carbocycles. The third-order valence-corrected chi connectivity index (χ3v) is 5.87. The van der Waals surface area contributed by atoms with E-state index in [0.717, 1.165) is 16.1 Å². The van der Waals surface area contributed by atoms with E-state index in [1.54, 1.807) is 28.8 Å². The first-order valence-electron chi connectivity index (χ1n) is 8.65. The Morgan fingerprint density at radius 1 is 1.18 bits per heavy atom. The Labute approximate surface area is 164 Å². The van der Waals surface area contributed by atoms with Gasteiger partial charge in [0.2, 0.25) is 4.96 Å². The lowest BCUT2D eigenvalue weighted by Crippen LogP contribution is -2.32. The number of hydrogen-bond donors (Lipinski definition) is 1. The first-order chi connectivity index (χ1) is 13.5. The fourth-order valence-electron chi connectivity index (χ4n) is 3.17. The lowest BCUT2D eigenvalue weighted by molar-refractivity contribution is 0.199. The van der Waals surface area contributed by atoms with E-state index in [-0.39, 0.29) is 5.82 Å². The summed E-state index contributed by atoms with van der Waals surface area (Å²) < 4.78 is 14.8. The van der Waals surface area contributed by atoms with Gasteiger partial charge in [0.05, 0.1) is 16.6 Å². The van der Waals surface area contributed by atoms with Crippen LogP contribution < -0.4 is 4.90 Å². The van der Waals surface area contributed by atoms with Crippen LogP contribution in [-0.2, 0) is 0 Å². The summed E-state index contributed by atoms with van der Waals surface area (Å²) in [6.07, 6.45) is -1.02. The summed E-state index contributed by atoms with van der Waals surface area (Å²) in [4.78, 5) is 19.3. The summed E-state index contributed by atoms with van der Waals surface area (Å²) in [7, 11) is 0. The van der Waals surface area contributed by atoms with Crippen molar-refractivity contribution in [3.8, 4) is 11.4 Å². The minimum absolute atomic E-state index is 0.313. The molecule has 6 nitrogen and oxygen atoms in total. The Kier molecular flexibility index (Phi) is 4.56. The number of carboxylic acid groups (broad SMARTS) is 1. The molecule has 8 heteroatoms. The number of amides is 1. The molecule has 28 heavy (non-hydrogen) atoms. The van der Waals surface area contributed by atoms with Gasteiger partial charge in [0.15, 0.2) is 5.82 Å². The largest absolute Gasteiger partial charge is 0.465 e. The van der Waals surface area contributed by atoms with Crippen LogP contribution >= 0.6 is 11.3 Å². The zero-order valence-corrected chi connectivity index (χ0v) is 16.0. The molecule has 1 amide bonds. The van der Waals surface area contributed by atoms with E-state index in [9.17, 15) is 14.3 Å². The molecule has 1 N–H and O–H groups in total. The van der Waals surface area contributed by atoms with Crippen LogP contribution in [0.15, 0.2) is 54.6 Å². The van der Waals surface area contributed by atoms with Crippen molar-refractivity contribution in [2.45, 2.75) is 19.9 Å². The summed E-state index contributed by atoms with van der Waals surface area (Å²) in [6, 6.07) is 14.6. The summed E-state index contributed by atoms with van der Waals surface area (Å²) in [6.45, 7) is 3.74. The maximum absolute atomic E-state index is 13.1. The van der Waals surface area contributed by atoms with Gasteiger partial charge in [0, 0.05) is 11.3 Å². The average Bonchev–Trinajstić information content (AvgIpc) is 3.23. The van der Waals surface area contributed by atoms with Gasteiger partial charge in [0.1, 0.15) is 5.82 Å². The number of aryl methyl sites for hydroxylation is 1. The predicted octanol–water partition coefficient (Wildman–Crippen LogP) is 5.15. The lowest BCUT2D eigenvalue weighted by atomic mass is 10.2. The fourth-order valence-corrected chi connectivity index (χ4v) is 4.28. The van der Waals surface area contributed by atoms with Crippen LogP contribution in [0.5, 0.6) is 0 Å². The monoisotopic (exact) mass is 396 g/mol. The van der Waals surface area contributed by atoms with Gasteiger partial charge in [-0.2, -0.15) is 4.98 Å². The van der Waals surface area contributed by atoms with Crippen LogP contribution in [0, 0.1) is 12.7 Å². The summed E-state index contributed by atoms with van der Waals surface area (Å²) in [5.74, 6) is 0.193. The Hall–Kier alpha value is -3.26. The van der Waals surface area contributed by atoms with Gasteiger partial charge in [-0.15, -0.1) is 5.10 Å². The minimum atomic E-state index is -1.02. The van der Waals surface area contributed by atoms with Gasteiger partial charge in [-0.25, -0.2) is 13.7 Å². The summed E-state index contributed by atoms with van der Waals surface area (Å²) in [5.41, 5.74) is 2.16. The Balaban J connectivity index is 1.72. The van der Waals surface area contributed by atoms with E-state index in [1.807, 2.05) is 32.0 Å². The highest BCUT2D eigenvalue weighted by molar-refractivity contribution is 7.17. The van der Waals surface area contributed by atoms with Crippen molar-refractivity contribution in [1.82, 2.24) is 14.6 Å². The Morgan fingerprint density at radius 2 is 1.86 bits per heavy atom. The molecular weight excluding hydrogens is 379 g/mol. The highest BCUT2D eigenvalue weighted by Crippen LogP contribution is 2.34. The quantitative estimate of drug-likeness (QED) is 0.518. The van der Waals surface area contributed by atoms with Gasteiger partial charge in [-0.3, -0.25) is 4.90 Å². The molecule has 0 aliphatic heterocycles. The molecule has 1 unspecified atom stereocenters. The molecule has 0 spiro atoms. The molecule has 0 fully saturated rings. The second-order valence-corrected chi connectivity index (χ2v) is 7.36. The fraction of sp³-hybridized carbons (Fsp3) is 0.150. The normalized spacial score (nSPS) is 12.2. The molecule has 0 aliphatic rings. The number of para-hydroxylation sites is 1. The Bertz CT molecular complexity index is 1140. The number of benzene rings is 2. The van der Waals surface area contributed by atoms with Gasteiger partial charge in [-0.1, -0.05) is 29.5 Å². The number of hydrogen-bond acceptors (Lipinski definition) is 4. The van der Waals surface area contributed by atoms with Gasteiger partial charge < -0.3 is 5.11 Å². The van der Waals surface area contributed by atoms with E-state index in [0.29, 0.717) is 16.5 Å². The molecular formula is C20H17FN4O2S. The molecule has 2 aromatic carbocycles. The maximum atomic E-state index is 13.1. The number of halogens is 1. The van der Waals surface area contributed by atoms with Crippen molar-refractivity contribution in [1.29, 1.82) is 0 Å². The third kappa shape index (κ3) is 3.11. The van der Waals surface area contributed by atoms with Crippen LogP contribution in [0.25, 0.3) is 16.3 Å². The smallest absolute Gasteiger partial charge is 0.412 e. The van der Waals surface area contributed by atoms with Crippen molar-refractivity contribution in [3.05, 3.63) is 71.0 Å². The maximum Gasteiger partial charge on any atom is 0.412 e. The first-order valence-corrected chi connectivity index (χ1v) is 9.46. The average molecular weight is 396 g/mol. The second kappa shape index (κ2) is 7.05. The van der Waals surface area contributed by atoms with Gasteiger partial charge in [0.25, 0.3) is 0 Å². The van der Waals surface area contributed by atoms with E-state index in [4.69, 9.17) is 0 Å². The molecule has 0 bridgehead atoms. The molecule has 0 aliphatic carbocycles. The van der Waals surface area contributed by atoms with Gasteiger partial charge >= 0.3 is 6.09 Å². The molecule has 0 radical (unpaired) electrons. The third-order valence-electron chi connectivity index (χ3n) is 4.56. The number of fused-ring (bicyclic) bond motifs is 1. The van der Waals surface area contributed by atoms with E-state index in [1.165, 1.54) is 28.4 Å². The van der Waals surface area contributed by atoms with Crippen molar-refractivity contribution in [2.75, 3.05) is 4.90 Å². The topological polar surface area (TPSA) is 70.7 Å². The van der Waals surface area contributed by atoms with Gasteiger partial charge in [-0.05, 0) is 50.2 Å². The summed E-state index contributed by atoms with van der Waals surface area (Å²) in [5, 5.41) is 14.3. The number of thiazole rings is 1. The zero-order chi connectivity index (χ0) is 19.8. The zero-order valence-electron chi connectivity index (χ0n) is 15.2. The molecule has 4 rings (SSSR count). The van der Waals surface area contributed by atoms with Crippen LogP contribution in [0.3, 0.4) is 0 Å². The van der Waals surface area contributed by atoms with Crippen LogP contribution in [0.2, 0.25) is 0 Å². The molecule has 142 valence electrons. The molecule has 0 saturated heterocycles. The van der Waals surface area contributed by atoms with Crippen molar-refractivity contribution in [2.24, 2.45) is 0 Å². The highest BCUT2D eigenvalue weighted by Gasteiger charge is 2.27. The Morgan fingerprint density at radius 3 is 2.46 bits per heavy atom. The van der Waals surface area contributed by atoms with Crippen LogP contribution in [0.1, 0.15) is 23.5 Å². The van der Waals surface area contributed by atoms with Crippen LogP contribution in [-0.4, -0.2) is 25.8 Å². The number of nitrogens with zero attached hydrogens (tertiary/aromatic N) is 4. The first kappa shape index (κ1) is 18.1. The molecule has 2 heterocycles. The highest BCUT2D eigenvalue weighted by atomic mass is 32.1. The minimum Gasteiger partial charge on any atom is -0.465 e. The molecule has 1 atom stereocenters. The standard InChI is InChI=1S/C20H17FN4O2S/c1-12(24(20(26)27)16-6-4-3-5-7-16)17-13(2)25-19(28-17)22-18(23-25)14-8-10-15(21)11-9-14/h3-12H,1-2H3,(H,26,27). The lowest BCUT2D eigenvalue weighted by Gasteiger charge is -2.26. The van der Waals surface area contributed by atoms with Crippen molar-refractivity contribution < 1.29 is 14.3 Å². The van der Waals surface area contributed by atoms with Crippen LogP contribution in [0.4, 0.5) is 14.9 Å². The predicted molar refractivity (Wildman–Crippen MR) is 106 cm³/mol. The SMILES string of the molecule is Cc1c(C(C)N(C(=O)O)c2ccccc2)sc2nc(-c3ccc(F)cc3)nn12. The molecule has 2 aromatic heterocycles. The van der Waals surface area contributed by atoms with Crippen molar-refractivity contribution >= 4 is 28.1 Å². The van der Waals surface area contributed by atoms with E-state index >= 15 is 0 Å². The number of anilines is 1. The number of aromatic nitrogens is 3. The van der Waals surface area contributed by atoms with E-state index < -0.39 is 12.1 Å². The number of carbonyl (C=O) groups is 1. The van der Waals surface area contributed by atoms with E-state index in [2.05, 4.69) is 10.1 Å². The number of rotatable bonds is 4. The second-order valence-electron chi connectivity index (χ2n) is 6.35. The summed E-state index contributed by atoms with van der Waals surface area (Å²) >= 11 is 1.40. The molecule has 4 aromatic rings. The van der Waals surface area contributed by atoms with Crippen molar-refractivity contribution in [3.63, 3.8) is 0 Å².